The minimum absolute atomic E-state index is 0.0589. The van der Waals surface area contributed by atoms with Crippen molar-refractivity contribution in [3.05, 3.63) is 47.8 Å². The van der Waals surface area contributed by atoms with E-state index in [-0.39, 0.29) is 5.91 Å². The molecule has 1 unspecified atom stereocenters. The average Bonchev–Trinajstić information content (AvgIpc) is 3.21. The van der Waals surface area contributed by atoms with Crippen LogP contribution in [0.5, 0.6) is 0 Å². The smallest absolute Gasteiger partial charge is 0.246 e. The highest BCUT2D eigenvalue weighted by atomic mass is 16.2. The zero-order chi connectivity index (χ0) is 22.5. The Morgan fingerprint density at radius 2 is 1.97 bits per heavy atom. The van der Waals surface area contributed by atoms with Gasteiger partial charge in [-0.15, -0.1) is 0 Å². The number of aromatic nitrogens is 2. The van der Waals surface area contributed by atoms with Crippen LogP contribution in [0.1, 0.15) is 30.9 Å². The molecule has 0 spiro atoms. The number of benzene rings is 1. The second-order valence-corrected chi connectivity index (χ2v) is 9.04. The van der Waals surface area contributed by atoms with Crippen LogP contribution < -0.4 is 10.2 Å². The van der Waals surface area contributed by atoms with Crippen molar-refractivity contribution in [1.29, 1.82) is 0 Å². The first kappa shape index (κ1) is 22.3. The summed E-state index contributed by atoms with van der Waals surface area (Å²) in [7, 11) is 3.62. The number of nitrogens with one attached hydrogen (secondary N) is 1. The first-order valence-corrected chi connectivity index (χ1v) is 11.6. The number of anilines is 1. The van der Waals surface area contributed by atoms with Gasteiger partial charge < -0.3 is 15.1 Å². The molecule has 2 saturated heterocycles. The lowest BCUT2D eigenvalue weighted by atomic mass is 9.99. The zero-order valence-electron chi connectivity index (χ0n) is 19.5. The van der Waals surface area contributed by atoms with Crippen molar-refractivity contribution in [3.8, 4) is 0 Å². The zero-order valence-corrected chi connectivity index (χ0v) is 19.5. The summed E-state index contributed by atoms with van der Waals surface area (Å²) in [5, 5.41) is 7.59. The van der Waals surface area contributed by atoms with Gasteiger partial charge in [0.1, 0.15) is 6.54 Å². The van der Waals surface area contributed by atoms with Crippen molar-refractivity contribution in [2.45, 2.75) is 32.9 Å². The molecule has 8 nitrogen and oxygen atoms in total. The van der Waals surface area contributed by atoms with Crippen LogP contribution in [-0.4, -0.2) is 71.2 Å². The molecule has 1 amide bonds. The number of piperidine rings is 1. The lowest BCUT2D eigenvalue weighted by Gasteiger charge is -2.35. The molecule has 0 radical (unpaired) electrons. The highest BCUT2D eigenvalue weighted by Gasteiger charge is 2.27. The van der Waals surface area contributed by atoms with E-state index < -0.39 is 0 Å². The van der Waals surface area contributed by atoms with Crippen LogP contribution in [0.25, 0.3) is 0 Å². The van der Waals surface area contributed by atoms with E-state index in [1.54, 1.807) is 22.8 Å². The number of carbonyl (C=O) groups excluding carboxylic acids is 1. The van der Waals surface area contributed by atoms with Crippen molar-refractivity contribution in [2.75, 3.05) is 44.7 Å². The number of aryl methyl sites for hydroxylation is 1. The highest BCUT2D eigenvalue weighted by Crippen LogP contribution is 2.18. The fourth-order valence-electron chi connectivity index (χ4n) is 4.64. The number of carbonyl (C=O) groups is 1. The third kappa shape index (κ3) is 5.48. The molecule has 0 saturated carbocycles. The summed E-state index contributed by atoms with van der Waals surface area (Å²) in [6.45, 7) is 8.13. The number of hydrogen-bond donors (Lipinski definition) is 1. The minimum atomic E-state index is 0.0589. The molecule has 1 N–H and O–H groups in total. The van der Waals surface area contributed by atoms with E-state index in [0.29, 0.717) is 19.6 Å². The van der Waals surface area contributed by atoms with Gasteiger partial charge in [-0.05, 0) is 36.4 Å². The van der Waals surface area contributed by atoms with Crippen LogP contribution in [-0.2, 0) is 24.9 Å². The topological polar surface area (TPSA) is 69.0 Å². The number of piperazine rings is 1. The molecular weight excluding hydrogens is 402 g/mol. The van der Waals surface area contributed by atoms with Crippen molar-refractivity contribution in [2.24, 2.45) is 18.0 Å². The third-order valence-corrected chi connectivity index (χ3v) is 6.36. The van der Waals surface area contributed by atoms with E-state index in [4.69, 9.17) is 0 Å². The summed E-state index contributed by atoms with van der Waals surface area (Å²) in [6, 6.07) is 8.84. The number of aliphatic imine (C=N–C) groups is 1. The van der Waals surface area contributed by atoms with Gasteiger partial charge in [0.15, 0.2) is 5.96 Å². The van der Waals surface area contributed by atoms with Gasteiger partial charge in [-0.3, -0.25) is 19.4 Å². The Balaban J connectivity index is 1.27. The Hall–Kier alpha value is -2.87. The summed E-state index contributed by atoms with van der Waals surface area (Å²) in [4.78, 5) is 23.5. The fraction of sp³-hybridized carbons (Fsp3) is 0.542. The van der Waals surface area contributed by atoms with Crippen molar-refractivity contribution < 1.29 is 4.79 Å². The van der Waals surface area contributed by atoms with Crippen molar-refractivity contribution >= 4 is 17.6 Å². The fourth-order valence-corrected chi connectivity index (χ4v) is 4.64. The molecule has 172 valence electrons. The molecular formula is C24H35N7O. The summed E-state index contributed by atoms with van der Waals surface area (Å²) in [5.41, 5.74) is 3.42. The molecule has 8 heteroatoms. The normalized spacial score (nSPS) is 20.7. The molecule has 3 heterocycles. The van der Waals surface area contributed by atoms with E-state index in [9.17, 15) is 4.79 Å². The Morgan fingerprint density at radius 3 is 2.62 bits per heavy atom. The van der Waals surface area contributed by atoms with E-state index >= 15 is 0 Å². The Kier molecular flexibility index (Phi) is 7.09. The number of amides is 1. The summed E-state index contributed by atoms with van der Waals surface area (Å²) in [5.74, 6) is 1.62. The second kappa shape index (κ2) is 10.2. The number of guanidine groups is 1. The van der Waals surface area contributed by atoms with Gasteiger partial charge in [-0.2, -0.15) is 5.10 Å². The minimum Gasteiger partial charge on any atom is -0.352 e. The number of rotatable bonds is 5. The van der Waals surface area contributed by atoms with Crippen molar-refractivity contribution in [1.82, 2.24) is 24.9 Å². The third-order valence-electron chi connectivity index (χ3n) is 6.36. The Bertz CT molecular complexity index is 936. The van der Waals surface area contributed by atoms with Crippen LogP contribution in [0.4, 0.5) is 5.69 Å². The standard InChI is InChI=1S/C24H35N7O/c1-19-5-4-10-29(15-19)16-21-8-6-20(7-9-21)13-26-24(25-2)30-11-12-31(23(32)18-30)22-14-27-28(3)17-22/h6-9,14,17,19H,4-5,10-13,15-16,18H2,1-3H3,(H,25,26). The monoisotopic (exact) mass is 437 g/mol. The quantitative estimate of drug-likeness (QED) is 0.573. The molecule has 2 aromatic rings. The first-order chi connectivity index (χ1) is 15.5. The van der Waals surface area contributed by atoms with E-state index in [2.05, 4.69) is 51.5 Å². The van der Waals surface area contributed by atoms with E-state index in [0.717, 1.165) is 30.7 Å². The summed E-state index contributed by atoms with van der Waals surface area (Å²) < 4.78 is 1.72. The number of hydrogen-bond acceptors (Lipinski definition) is 4. The van der Waals surface area contributed by atoms with Crippen molar-refractivity contribution in [3.63, 3.8) is 0 Å². The predicted molar refractivity (Wildman–Crippen MR) is 127 cm³/mol. The van der Waals surface area contributed by atoms with Crippen LogP contribution in [0.3, 0.4) is 0 Å². The predicted octanol–water partition coefficient (Wildman–Crippen LogP) is 2.08. The number of nitrogens with zero attached hydrogens (tertiary/aromatic N) is 6. The van der Waals surface area contributed by atoms with Gasteiger partial charge in [-0.1, -0.05) is 31.2 Å². The maximum Gasteiger partial charge on any atom is 0.246 e. The molecule has 1 aromatic carbocycles. The molecule has 2 aliphatic rings. The van der Waals surface area contributed by atoms with Gasteiger partial charge >= 0.3 is 0 Å². The number of likely N-dealkylation sites (tertiary alicyclic amines) is 1. The largest absolute Gasteiger partial charge is 0.352 e. The molecule has 2 fully saturated rings. The second-order valence-electron chi connectivity index (χ2n) is 9.04. The molecule has 32 heavy (non-hydrogen) atoms. The molecule has 4 rings (SSSR count). The molecule has 1 atom stereocenters. The van der Waals surface area contributed by atoms with Gasteiger partial charge in [0.2, 0.25) is 5.91 Å². The first-order valence-electron chi connectivity index (χ1n) is 11.6. The van der Waals surface area contributed by atoms with Gasteiger partial charge in [0.25, 0.3) is 0 Å². The maximum absolute atomic E-state index is 12.7. The summed E-state index contributed by atoms with van der Waals surface area (Å²) >= 11 is 0. The van der Waals surface area contributed by atoms with E-state index in [1.807, 2.05) is 18.1 Å². The molecule has 2 aliphatic heterocycles. The Morgan fingerprint density at radius 1 is 1.19 bits per heavy atom. The van der Waals surface area contributed by atoms with Crippen LogP contribution in [0.15, 0.2) is 41.7 Å². The molecule has 0 bridgehead atoms. The van der Waals surface area contributed by atoms with Crippen LogP contribution in [0.2, 0.25) is 0 Å². The van der Waals surface area contributed by atoms with Gasteiger partial charge in [0.05, 0.1) is 11.9 Å². The van der Waals surface area contributed by atoms with Gasteiger partial charge in [-0.25, -0.2) is 0 Å². The van der Waals surface area contributed by atoms with Gasteiger partial charge in [0, 0.05) is 53.0 Å². The molecule has 1 aromatic heterocycles. The van der Waals surface area contributed by atoms with Crippen LogP contribution in [0, 0.1) is 5.92 Å². The average molecular weight is 438 g/mol. The lowest BCUT2D eigenvalue weighted by Crippen LogP contribution is -2.55. The Labute approximate surface area is 190 Å². The maximum atomic E-state index is 12.7. The SMILES string of the molecule is CN=C(NCc1ccc(CN2CCCC(C)C2)cc1)N1CCN(c2cnn(C)c2)C(=O)C1. The lowest BCUT2D eigenvalue weighted by molar-refractivity contribution is -0.120. The highest BCUT2D eigenvalue weighted by molar-refractivity contribution is 5.98. The summed E-state index contributed by atoms with van der Waals surface area (Å²) in [6.07, 6.45) is 6.26. The molecule has 0 aliphatic carbocycles. The van der Waals surface area contributed by atoms with E-state index in [1.165, 1.54) is 37.1 Å². The van der Waals surface area contributed by atoms with Crippen LogP contribution >= 0.6 is 0 Å².